The van der Waals surface area contributed by atoms with Crippen LogP contribution in [0, 0.1) is 19.7 Å². The fourth-order valence-corrected chi connectivity index (χ4v) is 3.31. The smallest absolute Gasteiger partial charge is 0.250 e. The highest BCUT2D eigenvalue weighted by atomic mass is 19.1. The van der Waals surface area contributed by atoms with Crippen LogP contribution in [0.3, 0.4) is 0 Å². The molecule has 7 nitrogen and oxygen atoms in total. The molecular weight excluding hydrogens is 337 g/mol. The largest absolute Gasteiger partial charge is 0.473 e. The fraction of sp³-hybridized carbons (Fsp3) is 0.389. The number of ether oxygens (including phenoxy) is 1. The first kappa shape index (κ1) is 16.7. The molecule has 0 aromatic carbocycles. The second kappa shape index (κ2) is 6.87. The van der Waals surface area contributed by atoms with E-state index in [2.05, 4.69) is 20.1 Å². The predicted octanol–water partition coefficient (Wildman–Crippen LogP) is 2.66. The summed E-state index contributed by atoms with van der Waals surface area (Å²) in [5.41, 5.74) is 3.11. The summed E-state index contributed by atoms with van der Waals surface area (Å²) in [6.07, 6.45) is 3.30. The Hall–Kier alpha value is -2.74. The van der Waals surface area contributed by atoms with E-state index in [1.54, 1.807) is 12.3 Å². The maximum atomic E-state index is 13.8. The average Bonchev–Trinajstić information content (AvgIpc) is 3.23. The quantitative estimate of drug-likeness (QED) is 0.699. The Morgan fingerprint density at radius 2 is 2.19 bits per heavy atom. The lowest BCUT2D eigenvalue weighted by atomic mass is 10.1. The third kappa shape index (κ3) is 3.20. The van der Waals surface area contributed by atoms with Crippen molar-refractivity contribution in [1.82, 2.24) is 24.8 Å². The zero-order valence-corrected chi connectivity index (χ0v) is 14.7. The average molecular weight is 357 g/mol. The van der Waals surface area contributed by atoms with Crippen molar-refractivity contribution in [2.45, 2.75) is 33.0 Å². The van der Waals surface area contributed by atoms with Gasteiger partial charge in [0, 0.05) is 37.6 Å². The van der Waals surface area contributed by atoms with Crippen LogP contribution in [-0.2, 0) is 13.1 Å². The number of fused-ring (bicyclic) bond motifs is 1. The number of hydrogen-bond donors (Lipinski definition) is 0. The van der Waals surface area contributed by atoms with Gasteiger partial charge in [0.1, 0.15) is 12.4 Å². The summed E-state index contributed by atoms with van der Waals surface area (Å²) in [6.45, 7) is 6.41. The van der Waals surface area contributed by atoms with E-state index in [0.29, 0.717) is 6.61 Å². The first-order chi connectivity index (χ1) is 12.6. The molecule has 0 bridgehead atoms. The maximum Gasteiger partial charge on any atom is 0.250 e. The molecule has 3 aromatic heterocycles. The molecule has 0 N–H and O–H groups in total. The number of aromatic nitrogens is 4. The van der Waals surface area contributed by atoms with Crippen molar-refractivity contribution >= 4 is 0 Å². The first-order valence-corrected chi connectivity index (χ1v) is 8.51. The molecule has 0 saturated heterocycles. The summed E-state index contributed by atoms with van der Waals surface area (Å²) in [6, 6.07) is 4.84. The lowest BCUT2D eigenvalue weighted by molar-refractivity contribution is 0.122. The van der Waals surface area contributed by atoms with Gasteiger partial charge >= 0.3 is 0 Å². The second-order valence-corrected chi connectivity index (χ2v) is 6.49. The summed E-state index contributed by atoms with van der Waals surface area (Å²) >= 11 is 0. The molecule has 0 saturated carbocycles. The number of rotatable bonds is 5. The molecule has 1 aliphatic rings. The highest BCUT2D eigenvalue weighted by Crippen LogP contribution is 2.25. The van der Waals surface area contributed by atoms with Crippen molar-refractivity contribution in [3.8, 4) is 5.88 Å². The molecule has 26 heavy (non-hydrogen) atoms. The number of halogens is 1. The minimum absolute atomic E-state index is 0.0176. The van der Waals surface area contributed by atoms with Crippen LogP contribution in [-0.4, -0.2) is 38.0 Å². The van der Waals surface area contributed by atoms with E-state index < -0.39 is 5.82 Å². The van der Waals surface area contributed by atoms with E-state index in [9.17, 15) is 4.39 Å². The van der Waals surface area contributed by atoms with E-state index in [1.165, 1.54) is 12.3 Å². The Morgan fingerprint density at radius 3 is 2.96 bits per heavy atom. The molecule has 1 aliphatic heterocycles. The molecule has 0 fully saturated rings. The van der Waals surface area contributed by atoms with Gasteiger partial charge < -0.3 is 9.26 Å². The molecule has 0 amide bonds. The van der Waals surface area contributed by atoms with Gasteiger partial charge in [-0.3, -0.25) is 9.58 Å². The SMILES string of the molecule is Cc1noc(C)c1CN1Cc2ccnn2[C@H](COc2ncccc2F)C1. The lowest BCUT2D eigenvalue weighted by Gasteiger charge is -2.33. The van der Waals surface area contributed by atoms with Gasteiger partial charge in [0.2, 0.25) is 5.88 Å². The molecule has 0 radical (unpaired) electrons. The van der Waals surface area contributed by atoms with Crippen LogP contribution in [0.25, 0.3) is 0 Å². The first-order valence-electron chi connectivity index (χ1n) is 8.51. The number of hydrogen-bond acceptors (Lipinski definition) is 6. The van der Waals surface area contributed by atoms with Crippen LogP contribution < -0.4 is 4.74 Å². The fourth-order valence-electron chi connectivity index (χ4n) is 3.31. The Labute approximate surface area is 150 Å². The van der Waals surface area contributed by atoms with Gasteiger partial charge in [-0.2, -0.15) is 5.10 Å². The molecule has 4 rings (SSSR count). The molecule has 136 valence electrons. The Bertz CT molecular complexity index is 887. The van der Waals surface area contributed by atoms with Gasteiger partial charge in [-0.15, -0.1) is 0 Å². The van der Waals surface area contributed by atoms with Crippen molar-refractivity contribution in [3.63, 3.8) is 0 Å². The van der Waals surface area contributed by atoms with Crippen LogP contribution in [0.5, 0.6) is 5.88 Å². The molecule has 4 heterocycles. The Balaban J connectivity index is 1.50. The standard InChI is InChI=1S/C18H20FN5O2/c1-12-16(13(2)26-22-12)10-23-8-14-5-7-21-24(14)15(9-23)11-25-18-17(19)4-3-6-20-18/h3-7,15H,8-11H2,1-2H3/t15-/m0/s1. The van der Waals surface area contributed by atoms with E-state index >= 15 is 0 Å². The van der Waals surface area contributed by atoms with Crippen LogP contribution in [0.4, 0.5) is 4.39 Å². The van der Waals surface area contributed by atoms with Crippen molar-refractivity contribution < 1.29 is 13.7 Å². The molecular formula is C18H20FN5O2. The van der Waals surface area contributed by atoms with Crippen LogP contribution in [0.15, 0.2) is 35.1 Å². The van der Waals surface area contributed by atoms with Crippen LogP contribution in [0.2, 0.25) is 0 Å². The van der Waals surface area contributed by atoms with Gasteiger partial charge in [0.15, 0.2) is 5.82 Å². The van der Waals surface area contributed by atoms with Gasteiger partial charge in [0.25, 0.3) is 0 Å². The molecule has 0 unspecified atom stereocenters. The summed E-state index contributed by atoms with van der Waals surface area (Å²) in [4.78, 5) is 6.25. The summed E-state index contributed by atoms with van der Waals surface area (Å²) in [5.74, 6) is 0.394. The number of aryl methyl sites for hydroxylation is 2. The van der Waals surface area contributed by atoms with E-state index in [1.807, 2.05) is 24.6 Å². The highest BCUT2D eigenvalue weighted by molar-refractivity contribution is 5.21. The van der Waals surface area contributed by atoms with Crippen molar-refractivity contribution in [1.29, 1.82) is 0 Å². The number of pyridine rings is 1. The van der Waals surface area contributed by atoms with Crippen molar-refractivity contribution in [2.75, 3.05) is 13.2 Å². The van der Waals surface area contributed by atoms with Crippen molar-refractivity contribution in [2.24, 2.45) is 0 Å². The molecule has 0 aliphatic carbocycles. The molecule has 0 spiro atoms. The van der Waals surface area contributed by atoms with Gasteiger partial charge in [-0.05, 0) is 32.0 Å². The molecule has 8 heteroatoms. The summed E-state index contributed by atoms with van der Waals surface area (Å²) < 4.78 is 26.6. The van der Waals surface area contributed by atoms with Crippen LogP contribution in [0.1, 0.15) is 28.8 Å². The van der Waals surface area contributed by atoms with Gasteiger partial charge in [-0.25, -0.2) is 9.37 Å². The second-order valence-electron chi connectivity index (χ2n) is 6.49. The summed E-state index contributed by atoms with van der Waals surface area (Å²) in [5, 5.41) is 8.43. The van der Waals surface area contributed by atoms with E-state index in [0.717, 1.165) is 42.3 Å². The monoisotopic (exact) mass is 357 g/mol. The predicted molar refractivity (Wildman–Crippen MR) is 91.0 cm³/mol. The lowest BCUT2D eigenvalue weighted by Crippen LogP contribution is -2.39. The highest BCUT2D eigenvalue weighted by Gasteiger charge is 2.27. The third-order valence-corrected chi connectivity index (χ3v) is 4.65. The minimum atomic E-state index is -0.462. The zero-order valence-electron chi connectivity index (χ0n) is 14.7. The molecule has 1 atom stereocenters. The third-order valence-electron chi connectivity index (χ3n) is 4.65. The van der Waals surface area contributed by atoms with Crippen molar-refractivity contribution in [3.05, 3.63) is 59.1 Å². The Kier molecular flexibility index (Phi) is 4.42. The summed E-state index contributed by atoms with van der Waals surface area (Å²) in [7, 11) is 0. The van der Waals surface area contributed by atoms with Gasteiger partial charge in [0.05, 0.1) is 17.4 Å². The zero-order chi connectivity index (χ0) is 18.1. The Morgan fingerprint density at radius 1 is 1.31 bits per heavy atom. The normalized spacial score (nSPS) is 17.3. The minimum Gasteiger partial charge on any atom is -0.473 e. The van der Waals surface area contributed by atoms with Crippen LogP contribution >= 0.6 is 0 Å². The maximum absolute atomic E-state index is 13.8. The number of nitrogens with zero attached hydrogens (tertiary/aromatic N) is 5. The van der Waals surface area contributed by atoms with Gasteiger partial charge in [-0.1, -0.05) is 5.16 Å². The van der Waals surface area contributed by atoms with E-state index in [4.69, 9.17) is 9.26 Å². The molecule has 3 aromatic rings. The van der Waals surface area contributed by atoms with E-state index in [-0.39, 0.29) is 11.9 Å². The topological polar surface area (TPSA) is 69.2 Å².